The van der Waals surface area contributed by atoms with E-state index in [0.717, 1.165) is 16.3 Å². The summed E-state index contributed by atoms with van der Waals surface area (Å²) in [6.07, 6.45) is 3.23. The number of thioether (sulfide) groups is 1. The zero-order valence-corrected chi connectivity index (χ0v) is 10.6. The van der Waals surface area contributed by atoms with Gasteiger partial charge in [0.25, 0.3) is 0 Å². The van der Waals surface area contributed by atoms with E-state index < -0.39 is 0 Å². The fourth-order valence-electron chi connectivity index (χ4n) is 1.48. The highest BCUT2D eigenvalue weighted by atomic mass is 32.2. The molecule has 0 radical (unpaired) electrons. The molecule has 0 saturated heterocycles. The average Bonchev–Trinajstić information content (AvgIpc) is 2.45. The molecule has 0 atom stereocenters. The average molecular weight is 257 g/mol. The molecule has 1 heterocycles. The molecule has 0 amide bonds. The zero-order valence-electron chi connectivity index (χ0n) is 9.83. The summed E-state index contributed by atoms with van der Waals surface area (Å²) in [5.74, 6) is 1.49. The van der Waals surface area contributed by atoms with Crippen molar-refractivity contribution in [2.75, 3.05) is 7.11 Å². The lowest BCUT2D eigenvalue weighted by atomic mass is 10.1. The van der Waals surface area contributed by atoms with Crippen molar-refractivity contribution in [3.8, 4) is 11.8 Å². The van der Waals surface area contributed by atoms with E-state index in [9.17, 15) is 0 Å². The summed E-state index contributed by atoms with van der Waals surface area (Å²) in [5.41, 5.74) is 1.62. The Hall–Kier alpha value is -2.06. The predicted molar refractivity (Wildman–Crippen MR) is 69.3 cm³/mol. The van der Waals surface area contributed by atoms with Crippen LogP contribution in [0.1, 0.15) is 11.1 Å². The third-order valence-electron chi connectivity index (χ3n) is 2.34. The quantitative estimate of drug-likeness (QED) is 0.622. The Morgan fingerprint density at radius 2 is 2.28 bits per heavy atom. The molecule has 0 aliphatic heterocycles. The summed E-state index contributed by atoms with van der Waals surface area (Å²) in [7, 11) is 1.63. The van der Waals surface area contributed by atoms with Crippen molar-refractivity contribution in [2.24, 2.45) is 0 Å². The minimum absolute atomic E-state index is 0.633. The number of hydrogen-bond donors (Lipinski definition) is 0. The highest BCUT2D eigenvalue weighted by molar-refractivity contribution is 7.98. The van der Waals surface area contributed by atoms with E-state index in [4.69, 9.17) is 10.00 Å². The van der Waals surface area contributed by atoms with Crippen molar-refractivity contribution in [1.82, 2.24) is 9.97 Å². The van der Waals surface area contributed by atoms with Gasteiger partial charge in [0.05, 0.1) is 23.8 Å². The second-order valence-corrected chi connectivity index (χ2v) is 4.47. The molecule has 90 valence electrons. The number of nitrogens with zero attached hydrogens (tertiary/aromatic N) is 3. The number of rotatable bonds is 4. The van der Waals surface area contributed by atoms with Gasteiger partial charge in [-0.05, 0) is 24.3 Å². The summed E-state index contributed by atoms with van der Waals surface area (Å²) in [5, 5.41) is 9.79. The Kier molecular flexibility index (Phi) is 4.15. The van der Waals surface area contributed by atoms with Gasteiger partial charge in [0.1, 0.15) is 12.1 Å². The van der Waals surface area contributed by atoms with Gasteiger partial charge in [-0.15, -0.1) is 11.8 Å². The van der Waals surface area contributed by atoms with Gasteiger partial charge in [0.2, 0.25) is 0 Å². The monoisotopic (exact) mass is 257 g/mol. The van der Waals surface area contributed by atoms with Gasteiger partial charge in [-0.1, -0.05) is 0 Å². The molecule has 0 bridgehead atoms. The third-order valence-corrected chi connectivity index (χ3v) is 3.33. The molecule has 0 fully saturated rings. The van der Waals surface area contributed by atoms with E-state index in [-0.39, 0.29) is 0 Å². The number of methoxy groups -OCH3 is 1. The Morgan fingerprint density at radius 3 is 2.94 bits per heavy atom. The number of ether oxygens (including phenoxy) is 1. The van der Waals surface area contributed by atoms with Gasteiger partial charge in [-0.2, -0.15) is 5.26 Å². The molecule has 18 heavy (non-hydrogen) atoms. The molecular formula is C13H11N3OS. The lowest BCUT2D eigenvalue weighted by molar-refractivity contribution is 0.411. The topological polar surface area (TPSA) is 58.8 Å². The van der Waals surface area contributed by atoms with Gasteiger partial charge in [-0.25, -0.2) is 9.97 Å². The zero-order chi connectivity index (χ0) is 12.8. The lowest BCUT2D eigenvalue weighted by Crippen LogP contribution is -1.92. The third kappa shape index (κ3) is 2.99. The van der Waals surface area contributed by atoms with Gasteiger partial charge in [0.15, 0.2) is 0 Å². The standard InChI is InChI=1S/C13H11N3OS/c1-17-12-3-2-10(7-14)6-11(12)8-18-13-4-5-15-9-16-13/h2-6,9H,8H2,1H3. The van der Waals surface area contributed by atoms with E-state index in [2.05, 4.69) is 16.0 Å². The fraction of sp³-hybridized carbons (Fsp3) is 0.154. The van der Waals surface area contributed by atoms with Crippen molar-refractivity contribution in [3.63, 3.8) is 0 Å². The first-order valence-corrected chi connectivity index (χ1v) is 6.28. The maximum Gasteiger partial charge on any atom is 0.122 e. The molecule has 2 rings (SSSR count). The fourth-order valence-corrected chi connectivity index (χ4v) is 2.28. The number of benzene rings is 1. The summed E-state index contributed by atoms with van der Waals surface area (Å²) in [6, 6.07) is 9.38. The summed E-state index contributed by atoms with van der Waals surface area (Å²) < 4.78 is 5.28. The van der Waals surface area contributed by atoms with Gasteiger partial charge in [-0.3, -0.25) is 0 Å². The molecule has 0 unspecified atom stereocenters. The molecule has 1 aromatic heterocycles. The number of hydrogen-bond acceptors (Lipinski definition) is 5. The molecule has 4 nitrogen and oxygen atoms in total. The minimum Gasteiger partial charge on any atom is -0.496 e. The highest BCUT2D eigenvalue weighted by Crippen LogP contribution is 2.27. The molecular weight excluding hydrogens is 246 g/mol. The second-order valence-electron chi connectivity index (χ2n) is 3.47. The van der Waals surface area contributed by atoms with E-state index in [1.807, 2.05) is 18.2 Å². The van der Waals surface area contributed by atoms with E-state index in [0.29, 0.717) is 11.3 Å². The Morgan fingerprint density at radius 1 is 1.39 bits per heavy atom. The molecule has 0 aliphatic rings. The SMILES string of the molecule is COc1ccc(C#N)cc1CSc1ccncn1. The largest absolute Gasteiger partial charge is 0.496 e. The first-order valence-electron chi connectivity index (χ1n) is 5.29. The van der Waals surface area contributed by atoms with Gasteiger partial charge < -0.3 is 4.74 Å². The van der Waals surface area contributed by atoms with Crippen LogP contribution < -0.4 is 4.74 Å². The molecule has 1 aromatic carbocycles. The summed E-state index contributed by atoms with van der Waals surface area (Å²) in [4.78, 5) is 8.01. The van der Waals surface area contributed by atoms with Crippen LogP contribution >= 0.6 is 11.8 Å². The molecule has 0 spiro atoms. The molecule has 0 saturated carbocycles. The van der Waals surface area contributed by atoms with Crippen LogP contribution in [0.4, 0.5) is 0 Å². The summed E-state index contributed by atoms with van der Waals surface area (Å²) in [6.45, 7) is 0. The van der Waals surface area contributed by atoms with Crippen molar-refractivity contribution in [3.05, 3.63) is 47.9 Å². The highest BCUT2D eigenvalue weighted by Gasteiger charge is 2.05. The smallest absolute Gasteiger partial charge is 0.122 e. The normalized spacial score (nSPS) is 9.78. The molecule has 2 aromatic rings. The van der Waals surface area contributed by atoms with Crippen molar-refractivity contribution in [1.29, 1.82) is 5.26 Å². The van der Waals surface area contributed by atoms with E-state index >= 15 is 0 Å². The molecule has 0 N–H and O–H groups in total. The predicted octanol–water partition coefficient (Wildman–Crippen LogP) is 2.65. The van der Waals surface area contributed by atoms with Crippen LogP contribution in [0.2, 0.25) is 0 Å². The van der Waals surface area contributed by atoms with Crippen LogP contribution in [-0.4, -0.2) is 17.1 Å². The Labute approximate surface area is 110 Å². The second kappa shape index (κ2) is 6.03. The van der Waals surface area contributed by atoms with Crippen LogP contribution in [0.15, 0.2) is 41.8 Å². The van der Waals surface area contributed by atoms with Crippen LogP contribution in [0.25, 0.3) is 0 Å². The summed E-state index contributed by atoms with van der Waals surface area (Å²) >= 11 is 1.58. The maximum atomic E-state index is 8.89. The van der Waals surface area contributed by atoms with Crippen LogP contribution in [0.5, 0.6) is 5.75 Å². The van der Waals surface area contributed by atoms with E-state index in [1.165, 1.54) is 6.33 Å². The molecule has 0 aliphatic carbocycles. The van der Waals surface area contributed by atoms with E-state index in [1.54, 1.807) is 31.1 Å². The Balaban J connectivity index is 2.15. The molecule has 5 heteroatoms. The van der Waals surface area contributed by atoms with Crippen molar-refractivity contribution < 1.29 is 4.74 Å². The van der Waals surface area contributed by atoms with Crippen molar-refractivity contribution >= 4 is 11.8 Å². The Bertz CT molecular complexity index is 566. The maximum absolute atomic E-state index is 8.89. The number of aromatic nitrogens is 2. The van der Waals surface area contributed by atoms with Crippen LogP contribution in [0, 0.1) is 11.3 Å². The first kappa shape index (κ1) is 12.4. The van der Waals surface area contributed by atoms with Crippen LogP contribution in [0.3, 0.4) is 0 Å². The number of nitriles is 1. The van der Waals surface area contributed by atoms with Crippen molar-refractivity contribution in [2.45, 2.75) is 10.8 Å². The van der Waals surface area contributed by atoms with Gasteiger partial charge in [0, 0.05) is 17.5 Å². The first-order chi connectivity index (χ1) is 8.83. The van der Waals surface area contributed by atoms with Crippen LogP contribution in [-0.2, 0) is 5.75 Å². The van der Waals surface area contributed by atoms with Gasteiger partial charge >= 0.3 is 0 Å². The lowest BCUT2D eigenvalue weighted by Gasteiger charge is -2.08. The minimum atomic E-state index is 0.633.